The van der Waals surface area contributed by atoms with Crippen molar-refractivity contribution in [1.29, 1.82) is 0 Å². The number of aliphatic hydroxyl groups is 1. The molecule has 6 nitrogen and oxygen atoms in total. The van der Waals surface area contributed by atoms with Crippen LogP contribution in [0.5, 0.6) is 0 Å². The van der Waals surface area contributed by atoms with E-state index in [4.69, 9.17) is 23.2 Å². The van der Waals surface area contributed by atoms with E-state index in [2.05, 4.69) is 24.5 Å². The summed E-state index contributed by atoms with van der Waals surface area (Å²) in [5.41, 5.74) is -1.33. The number of halogens is 2. The number of amides is 3. The molecule has 8 heteroatoms. The minimum absolute atomic E-state index is 0.0897. The molecular weight excluding hydrogens is 437 g/mol. The van der Waals surface area contributed by atoms with Crippen LogP contribution in [0.4, 0.5) is 16.2 Å². The maximum Gasteiger partial charge on any atom is 0.329 e. The second-order valence-corrected chi connectivity index (χ2v) is 9.24. The third-order valence-corrected chi connectivity index (χ3v) is 7.31. The molecule has 1 heterocycles. The fourth-order valence-corrected chi connectivity index (χ4v) is 4.83. The van der Waals surface area contributed by atoms with Crippen molar-refractivity contribution >= 4 is 46.5 Å². The predicted molar refractivity (Wildman–Crippen MR) is 122 cm³/mol. The van der Waals surface area contributed by atoms with E-state index in [1.54, 1.807) is 30.3 Å². The average Bonchev–Trinajstić information content (AvgIpc) is 2.74. The van der Waals surface area contributed by atoms with Gasteiger partial charge in [-0.05, 0) is 42.5 Å². The van der Waals surface area contributed by atoms with Crippen LogP contribution >= 0.6 is 23.2 Å². The molecule has 4 rings (SSSR count). The Morgan fingerprint density at radius 3 is 2.65 bits per heavy atom. The van der Waals surface area contributed by atoms with Crippen molar-refractivity contribution in [2.45, 2.75) is 44.9 Å². The Morgan fingerprint density at radius 2 is 1.90 bits per heavy atom. The van der Waals surface area contributed by atoms with Gasteiger partial charge in [-0.2, -0.15) is 0 Å². The van der Waals surface area contributed by atoms with Gasteiger partial charge in [0.15, 0.2) is 0 Å². The normalized spacial score (nSPS) is 28.0. The molecule has 0 aromatic heterocycles. The molecular formula is C23H25Cl2N3O3. The monoisotopic (exact) mass is 461 g/mol. The zero-order valence-electron chi connectivity index (χ0n) is 17.4. The van der Waals surface area contributed by atoms with Crippen LogP contribution in [-0.4, -0.2) is 23.1 Å². The zero-order chi connectivity index (χ0) is 22.3. The topological polar surface area (TPSA) is 81.7 Å². The summed E-state index contributed by atoms with van der Waals surface area (Å²) < 4.78 is 0. The molecule has 0 unspecified atom stereocenters. The van der Waals surface area contributed by atoms with Crippen LogP contribution in [0, 0.1) is 11.8 Å². The Hall–Kier alpha value is -2.28. The first-order valence-electron chi connectivity index (χ1n) is 10.4. The smallest absolute Gasteiger partial charge is 0.329 e. The maximum atomic E-state index is 13.6. The molecule has 0 saturated heterocycles. The van der Waals surface area contributed by atoms with Crippen LogP contribution in [0.1, 0.15) is 38.7 Å². The summed E-state index contributed by atoms with van der Waals surface area (Å²) in [6.07, 6.45) is 2.94. The Labute approximate surface area is 191 Å². The summed E-state index contributed by atoms with van der Waals surface area (Å²) in [5, 5.41) is 18.2. The van der Waals surface area contributed by atoms with Gasteiger partial charge in [-0.25, -0.2) is 4.79 Å². The first kappa shape index (κ1) is 21.9. The van der Waals surface area contributed by atoms with E-state index >= 15 is 0 Å². The van der Waals surface area contributed by atoms with Gasteiger partial charge in [0.1, 0.15) is 0 Å². The third-order valence-electron chi connectivity index (χ3n) is 6.57. The van der Waals surface area contributed by atoms with Gasteiger partial charge in [0.05, 0.1) is 21.4 Å². The van der Waals surface area contributed by atoms with Gasteiger partial charge < -0.3 is 15.7 Å². The molecule has 0 bridgehead atoms. The fraction of sp³-hybridized carbons (Fsp3) is 0.391. The Balaban J connectivity index is 1.79. The van der Waals surface area contributed by atoms with E-state index in [0.717, 1.165) is 24.2 Å². The van der Waals surface area contributed by atoms with Crippen molar-refractivity contribution in [2.75, 3.05) is 10.2 Å². The van der Waals surface area contributed by atoms with E-state index in [-0.39, 0.29) is 28.2 Å². The van der Waals surface area contributed by atoms with Gasteiger partial charge in [0.2, 0.25) is 0 Å². The molecule has 1 aliphatic heterocycles. The molecule has 2 aliphatic rings. The minimum atomic E-state index is -2.25. The van der Waals surface area contributed by atoms with E-state index in [0.29, 0.717) is 16.6 Å². The van der Waals surface area contributed by atoms with Crippen LogP contribution in [-0.2, 0) is 10.5 Å². The van der Waals surface area contributed by atoms with Gasteiger partial charge >= 0.3 is 6.03 Å². The number of para-hydroxylation sites is 1. The Bertz CT molecular complexity index is 1030. The highest BCUT2D eigenvalue weighted by Gasteiger charge is 2.52. The first-order chi connectivity index (χ1) is 14.7. The van der Waals surface area contributed by atoms with Crippen LogP contribution < -0.4 is 15.5 Å². The highest BCUT2D eigenvalue weighted by Crippen LogP contribution is 2.41. The van der Waals surface area contributed by atoms with Crippen molar-refractivity contribution in [3.63, 3.8) is 0 Å². The van der Waals surface area contributed by atoms with Crippen LogP contribution in [0.15, 0.2) is 42.5 Å². The molecule has 2 aromatic rings. The van der Waals surface area contributed by atoms with Gasteiger partial charge in [-0.15, -0.1) is 0 Å². The lowest BCUT2D eigenvalue weighted by atomic mass is 9.78. The molecule has 2 aromatic carbocycles. The molecule has 164 valence electrons. The van der Waals surface area contributed by atoms with Crippen molar-refractivity contribution < 1.29 is 14.7 Å². The van der Waals surface area contributed by atoms with Crippen LogP contribution in [0.25, 0.3) is 0 Å². The number of hydrogen-bond acceptors (Lipinski definition) is 3. The lowest BCUT2D eigenvalue weighted by Gasteiger charge is -2.44. The maximum absolute atomic E-state index is 13.6. The van der Waals surface area contributed by atoms with Gasteiger partial charge in [-0.1, -0.05) is 68.1 Å². The number of carbonyl (C=O) groups excluding carboxylic acids is 2. The molecule has 3 amide bonds. The van der Waals surface area contributed by atoms with E-state index in [1.165, 1.54) is 12.1 Å². The number of nitrogens with one attached hydrogen (secondary N) is 2. The Kier molecular flexibility index (Phi) is 5.90. The van der Waals surface area contributed by atoms with Crippen molar-refractivity contribution in [1.82, 2.24) is 5.32 Å². The summed E-state index contributed by atoms with van der Waals surface area (Å²) in [4.78, 5) is 27.8. The second kappa shape index (κ2) is 8.34. The number of anilines is 2. The van der Waals surface area contributed by atoms with Crippen LogP contribution in [0.2, 0.25) is 10.0 Å². The summed E-state index contributed by atoms with van der Waals surface area (Å²) in [5.74, 6) is 0.0704. The number of nitrogens with zero attached hydrogens (tertiary/aromatic N) is 1. The summed E-state index contributed by atoms with van der Waals surface area (Å²) in [6, 6.07) is 10.5. The van der Waals surface area contributed by atoms with Crippen molar-refractivity contribution in [2.24, 2.45) is 11.8 Å². The molecule has 0 spiro atoms. The molecule has 1 fully saturated rings. The minimum Gasteiger partial charge on any atom is -0.359 e. The lowest BCUT2D eigenvalue weighted by Crippen LogP contribution is -2.64. The summed E-state index contributed by atoms with van der Waals surface area (Å²) >= 11 is 12.2. The van der Waals surface area contributed by atoms with Gasteiger partial charge in [-0.3, -0.25) is 9.69 Å². The largest absolute Gasteiger partial charge is 0.359 e. The third kappa shape index (κ3) is 3.77. The number of fused-ring (bicyclic) bond motifs is 1. The molecule has 4 atom stereocenters. The number of benzene rings is 2. The molecule has 1 saturated carbocycles. The quantitative estimate of drug-likeness (QED) is 0.592. The number of carbonyl (C=O) groups is 2. The van der Waals surface area contributed by atoms with Gasteiger partial charge in [0, 0.05) is 11.6 Å². The summed E-state index contributed by atoms with van der Waals surface area (Å²) in [6.45, 7) is 4.28. The Morgan fingerprint density at radius 1 is 1.16 bits per heavy atom. The molecule has 1 aliphatic carbocycles. The second-order valence-electron chi connectivity index (χ2n) is 8.43. The lowest BCUT2D eigenvalue weighted by molar-refractivity contribution is -0.141. The number of urea groups is 1. The van der Waals surface area contributed by atoms with Crippen LogP contribution in [0.3, 0.4) is 0 Å². The number of rotatable bonds is 3. The van der Waals surface area contributed by atoms with E-state index < -0.39 is 17.7 Å². The SMILES string of the molecule is C[C@@H]1[C@H](C)CCC[C@@H]1NC(=O)[C@@]1(O)c2ccccc2NC(=O)N1c1ccc(Cl)c(Cl)c1. The van der Waals surface area contributed by atoms with Crippen molar-refractivity contribution in [3.05, 3.63) is 58.1 Å². The predicted octanol–water partition coefficient (Wildman–Crippen LogP) is 5.13. The number of hydrogen-bond donors (Lipinski definition) is 3. The molecule has 3 N–H and O–H groups in total. The molecule has 0 radical (unpaired) electrons. The zero-order valence-corrected chi connectivity index (χ0v) is 18.9. The fourth-order valence-electron chi connectivity index (χ4n) is 4.54. The van der Waals surface area contributed by atoms with E-state index in [9.17, 15) is 14.7 Å². The average molecular weight is 462 g/mol. The van der Waals surface area contributed by atoms with Gasteiger partial charge in [0.25, 0.3) is 11.6 Å². The highest BCUT2D eigenvalue weighted by atomic mass is 35.5. The van der Waals surface area contributed by atoms with E-state index in [1.807, 2.05) is 0 Å². The first-order valence-corrected chi connectivity index (χ1v) is 11.2. The molecule has 31 heavy (non-hydrogen) atoms. The summed E-state index contributed by atoms with van der Waals surface area (Å²) in [7, 11) is 0. The standard InChI is InChI=1S/C23H25Cl2N3O3/c1-13-6-5-9-19(14(13)2)26-21(29)23(31)16-7-3-4-8-20(16)27-22(30)28(23)15-10-11-17(24)18(25)12-15/h3-4,7-8,10-14,19,31H,5-6,9H2,1-2H3,(H,26,29)(H,27,30)/t13-,14-,19+,23+/m1/s1. The van der Waals surface area contributed by atoms with Crippen molar-refractivity contribution in [3.8, 4) is 0 Å². The highest BCUT2D eigenvalue weighted by molar-refractivity contribution is 6.42.